The zero-order valence-electron chi connectivity index (χ0n) is 15.1. The van der Waals surface area contributed by atoms with Crippen molar-refractivity contribution in [3.63, 3.8) is 0 Å². The van der Waals surface area contributed by atoms with Crippen LogP contribution in [0.5, 0.6) is 11.5 Å². The van der Waals surface area contributed by atoms with Crippen LogP contribution >= 0.6 is 0 Å². The lowest BCUT2D eigenvalue weighted by molar-refractivity contribution is -0.274. The summed E-state index contributed by atoms with van der Waals surface area (Å²) in [6.07, 6.45) is -8.14. The molecule has 0 spiro atoms. The molecular formula is C17H13F6N3O3S. The van der Waals surface area contributed by atoms with Gasteiger partial charge in [-0.3, -0.25) is 9.19 Å². The fourth-order valence-corrected chi connectivity index (χ4v) is 3.58. The van der Waals surface area contributed by atoms with Crippen molar-refractivity contribution in [1.82, 2.24) is 15.0 Å². The fourth-order valence-electron chi connectivity index (χ4n) is 2.48. The number of aromatic nitrogens is 3. The standard InChI is InChI=1S/C17H13F6N3O3S/c1-9-13(24-5-4-14(9)28-8-16(18,19)20)7-30(27)15-25-11-3-2-10(6-12(11)26-15)29-17(21,22)23/h2-6H,7-8H2,1H3,(H,25,26)/t30-/m0/s1. The molecule has 0 fully saturated rings. The van der Waals surface area contributed by atoms with Crippen LogP contribution in [-0.2, 0) is 16.6 Å². The van der Waals surface area contributed by atoms with Crippen molar-refractivity contribution in [1.29, 1.82) is 0 Å². The molecule has 0 aliphatic rings. The molecule has 0 bridgehead atoms. The minimum atomic E-state index is -4.86. The van der Waals surface area contributed by atoms with Crippen molar-refractivity contribution >= 4 is 21.8 Å². The number of imidazole rings is 1. The first-order valence-corrected chi connectivity index (χ1v) is 9.51. The fraction of sp³-hybridized carbons (Fsp3) is 0.294. The summed E-state index contributed by atoms with van der Waals surface area (Å²) in [6, 6.07) is 4.65. The molecule has 1 N–H and O–H groups in total. The highest BCUT2D eigenvalue weighted by Crippen LogP contribution is 2.27. The smallest absolute Gasteiger partial charge is 0.484 e. The summed E-state index contributed by atoms with van der Waals surface area (Å²) in [4.78, 5) is 10.7. The number of hydrogen-bond acceptors (Lipinski definition) is 5. The number of fused-ring (bicyclic) bond motifs is 1. The van der Waals surface area contributed by atoms with Gasteiger partial charge in [0.1, 0.15) is 11.5 Å². The average Bonchev–Trinajstić information content (AvgIpc) is 3.03. The SMILES string of the molecule is Cc1c(OCC(F)(F)F)ccnc1C[S@](=O)c1nc2ccc(OC(F)(F)F)cc2[nH]1. The quantitative estimate of drug-likeness (QED) is 0.560. The van der Waals surface area contributed by atoms with E-state index in [1.54, 1.807) is 0 Å². The zero-order valence-corrected chi connectivity index (χ0v) is 15.9. The lowest BCUT2D eigenvalue weighted by atomic mass is 10.2. The summed E-state index contributed by atoms with van der Waals surface area (Å²) in [5.74, 6) is -0.711. The third kappa shape index (κ3) is 5.62. The van der Waals surface area contributed by atoms with Crippen LogP contribution in [0.4, 0.5) is 26.3 Å². The maximum absolute atomic E-state index is 12.6. The van der Waals surface area contributed by atoms with Gasteiger partial charge < -0.3 is 14.5 Å². The summed E-state index contributed by atoms with van der Waals surface area (Å²) in [5.41, 5.74) is 0.952. The Morgan fingerprint density at radius 1 is 1.13 bits per heavy atom. The molecule has 162 valence electrons. The molecule has 6 nitrogen and oxygen atoms in total. The molecule has 0 aliphatic carbocycles. The van der Waals surface area contributed by atoms with E-state index < -0.39 is 35.7 Å². The van der Waals surface area contributed by atoms with E-state index in [4.69, 9.17) is 4.74 Å². The molecule has 3 aromatic rings. The van der Waals surface area contributed by atoms with Crippen LogP contribution in [-0.4, -0.2) is 38.3 Å². The first-order valence-electron chi connectivity index (χ1n) is 8.19. The van der Waals surface area contributed by atoms with Crippen molar-refractivity contribution in [2.24, 2.45) is 0 Å². The lowest BCUT2D eigenvalue weighted by Crippen LogP contribution is -2.19. The van der Waals surface area contributed by atoms with E-state index in [0.717, 1.165) is 12.1 Å². The third-order valence-electron chi connectivity index (χ3n) is 3.80. The second-order valence-corrected chi connectivity index (χ2v) is 7.41. The number of ether oxygens (including phenoxy) is 2. The summed E-state index contributed by atoms with van der Waals surface area (Å²) >= 11 is 0. The molecule has 0 saturated heterocycles. The topological polar surface area (TPSA) is 77.1 Å². The minimum Gasteiger partial charge on any atom is -0.484 e. The number of aromatic amines is 1. The molecule has 30 heavy (non-hydrogen) atoms. The number of hydrogen-bond donors (Lipinski definition) is 1. The molecule has 2 heterocycles. The van der Waals surface area contributed by atoms with Gasteiger partial charge in [0.25, 0.3) is 0 Å². The van der Waals surface area contributed by atoms with Crippen LogP contribution in [0.3, 0.4) is 0 Å². The van der Waals surface area contributed by atoms with Crippen LogP contribution in [0, 0.1) is 6.92 Å². The van der Waals surface area contributed by atoms with Crippen molar-refractivity contribution in [2.45, 2.75) is 30.4 Å². The van der Waals surface area contributed by atoms with E-state index in [9.17, 15) is 30.6 Å². The van der Waals surface area contributed by atoms with Gasteiger partial charge in [-0.05, 0) is 25.1 Å². The molecule has 13 heteroatoms. The molecule has 1 aromatic carbocycles. The van der Waals surface area contributed by atoms with Crippen LogP contribution in [0.2, 0.25) is 0 Å². The Hall–Kier alpha value is -2.83. The van der Waals surface area contributed by atoms with Crippen molar-refractivity contribution in [3.8, 4) is 11.5 Å². The molecule has 3 rings (SSSR count). The Morgan fingerprint density at radius 2 is 1.87 bits per heavy atom. The summed E-state index contributed by atoms with van der Waals surface area (Å²) in [5, 5.41) is -0.0306. The van der Waals surface area contributed by atoms with E-state index in [0.29, 0.717) is 0 Å². The Bertz CT molecular complexity index is 1080. The second kappa shape index (κ2) is 8.13. The van der Waals surface area contributed by atoms with Crippen LogP contribution in [0.25, 0.3) is 11.0 Å². The highest BCUT2D eigenvalue weighted by molar-refractivity contribution is 7.84. The van der Waals surface area contributed by atoms with Crippen LogP contribution in [0.1, 0.15) is 11.3 Å². The molecule has 1 atom stereocenters. The highest BCUT2D eigenvalue weighted by Gasteiger charge is 2.31. The lowest BCUT2D eigenvalue weighted by Gasteiger charge is -2.13. The number of H-pyrrole nitrogens is 1. The Balaban J connectivity index is 1.78. The van der Waals surface area contributed by atoms with Gasteiger partial charge in [-0.25, -0.2) is 4.98 Å². The van der Waals surface area contributed by atoms with Gasteiger partial charge in [-0.2, -0.15) is 13.2 Å². The normalized spacial score (nSPS) is 13.4. The van der Waals surface area contributed by atoms with E-state index in [-0.39, 0.29) is 38.9 Å². The molecule has 0 amide bonds. The highest BCUT2D eigenvalue weighted by atomic mass is 32.2. The summed E-state index contributed by atoms with van der Waals surface area (Å²) in [7, 11) is -1.80. The number of nitrogens with one attached hydrogen (secondary N) is 1. The van der Waals surface area contributed by atoms with Gasteiger partial charge in [0, 0.05) is 17.8 Å². The van der Waals surface area contributed by atoms with E-state index in [1.165, 1.54) is 25.3 Å². The number of alkyl halides is 6. The van der Waals surface area contributed by atoms with E-state index in [1.807, 2.05) is 0 Å². The Kier molecular flexibility index (Phi) is 5.92. The van der Waals surface area contributed by atoms with Gasteiger partial charge >= 0.3 is 12.5 Å². The van der Waals surface area contributed by atoms with Crippen molar-refractivity contribution < 1.29 is 40.0 Å². The predicted molar refractivity (Wildman–Crippen MR) is 93.4 cm³/mol. The molecule has 0 saturated carbocycles. The largest absolute Gasteiger partial charge is 0.573 e. The number of benzene rings is 1. The van der Waals surface area contributed by atoms with E-state index >= 15 is 0 Å². The Morgan fingerprint density at radius 3 is 2.53 bits per heavy atom. The third-order valence-corrected chi connectivity index (χ3v) is 4.96. The average molecular weight is 453 g/mol. The van der Waals surface area contributed by atoms with Crippen molar-refractivity contribution in [3.05, 3.63) is 41.7 Å². The van der Waals surface area contributed by atoms with Crippen LogP contribution in [0.15, 0.2) is 35.6 Å². The van der Waals surface area contributed by atoms with Crippen molar-refractivity contribution in [2.75, 3.05) is 6.61 Å². The van der Waals surface area contributed by atoms with Crippen LogP contribution < -0.4 is 9.47 Å². The molecule has 0 aliphatic heterocycles. The van der Waals surface area contributed by atoms with Gasteiger partial charge in [0.15, 0.2) is 11.8 Å². The summed E-state index contributed by atoms with van der Waals surface area (Å²) in [6.45, 7) is -0.00306. The minimum absolute atomic E-state index is 0.0306. The van der Waals surface area contributed by atoms with Gasteiger partial charge in [0.2, 0.25) is 0 Å². The Labute approximate surface area is 167 Å². The van der Waals surface area contributed by atoms with Gasteiger partial charge in [-0.15, -0.1) is 13.2 Å². The second-order valence-electron chi connectivity index (χ2n) is 6.04. The first-order chi connectivity index (χ1) is 13.9. The molecular weight excluding hydrogens is 440 g/mol. The van der Waals surface area contributed by atoms with E-state index in [2.05, 4.69) is 19.7 Å². The monoisotopic (exact) mass is 453 g/mol. The maximum atomic E-state index is 12.6. The zero-order chi connectivity index (χ0) is 22.1. The van der Waals surface area contributed by atoms with Gasteiger partial charge in [0.05, 0.1) is 33.3 Å². The number of nitrogens with zero attached hydrogens (tertiary/aromatic N) is 2. The molecule has 2 aromatic heterocycles. The van der Waals surface area contributed by atoms with Gasteiger partial charge in [-0.1, -0.05) is 0 Å². The maximum Gasteiger partial charge on any atom is 0.573 e. The first kappa shape index (κ1) is 21.9. The number of halogens is 6. The number of pyridine rings is 1. The predicted octanol–water partition coefficient (Wildman–Crippen LogP) is 4.41. The number of rotatable bonds is 6. The molecule has 0 unspecified atom stereocenters. The molecule has 0 radical (unpaired) electrons. The summed E-state index contributed by atoms with van der Waals surface area (Å²) < 4.78 is 95.2.